The van der Waals surface area contributed by atoms with Gasteiger partial charge in [0.05, 0.1) is 6.10 Å². The first-order valence-electron chi connectivity index (χ1n) is 5.12. The third-order valence-corrected chi connectivity index (χ3v) is 2.29. The molecule has 4 heteroatoms. The molecule has 0 aliphatic heterocycles. The summed E-state index contributed by atoms with van der Waals surface area (Å²) in [4.78, 5) is 8.57. The Labute approximate surface area is 95.8 Å². The van der Waals surface area contributed by atoms with Gasteiger partial charge in [-0.1, -0.05) is 25.4 Å². The van der Waals surface area contributed by atoms with Crippen LogP contribution in [0.3, 0.4) is 0 Å². The van der Waals surface area contributed by atoms with E-state index >= 15 is 0 Å². The van der Waals surface area contributed by atoms with Crippen LogP contribution in [-0.4, -0.2) is 16.1 Å². The zero-order valence-electron chi connectivity index (χ0n) is 9.84. The largest absolute Gasteiger partial charge is 0.475 e. The summed E-state index contributed by atoms with van der Waals surface area (Å²) in [5, 5.41) is 0.476. The van der Waals surface area contributed by atoms with Crippen molar-refractivity contribution in [2.45, 2.75) is 46.6 Å². The predicted octanol–water partition coefficient (Wildman–Crippen LogP) is 3.35. The summed E-state index contributed by atoms with van der Waals surface area (Å²) in [5.41, 5.74) is 0.801. The molecule has 1 heterocycles. The summed E-state index contributed by atoms with van der Waals surface area (Å²) < 4.78 is 5.58. The van der Waals surface area contributed by atoms with E-state index in [1.54, 1.807) is 0 Å². The molecule has 0 bridgehead atoms. The van der Waals surface area contributed by atoms with Crippen molar-refractivity contribution in [2.75, 3.05) is 0 Å². The van der Waals surface area contributed by atoms with Gasteiger partial charge in [-0.15, -0.1) is 0 Å². The van der Waals surface area contributed by atoms with Crippen molar-refractivity contribution in [1.82, 2.24) is 9.97 Å². The third-order valence-electron chi connectivity index (χ3n) is 1.92. The first-order valence-corrected chi connectivity index (χ1v) is 5.50. The minimum Gasteiger partial charge on any atom is -0.475 e. The number of rotatable bonds is 3. The highest BCUT2D eigenvalue weighted by molar-refractivity contribution is 6.30. The molecule has 0 aliphatic carbocycles. The van der Waals surface area contributed by atoms with Gasteiger partial charge >= 0.3 is 0 Å². The van der Waals surface area contributed by atoms with Crippen molar-refractivity contribution in [3.8, 4) is 5.88 Å². The van der Waals surface area contributed by atoms with Crippen LogP contribution in [0.5, 0.6) is 5.88 Å². The van der Waals surface area contributed by atoms with Crippen molar-refractivity contribution in [3.63, 3.8) is 0 Å². The second-order valence-corrected chi connectivity index (χ2v) is 4.48. The molecule has 0 unspecified atom stereocenters. The molecule has 1 aromatic heterocycles. The van der Waals surface area contributed by atoms with Gasteiger partial charge in [-0.25, -0.2) is 4.98 Å². The van der Waals surface area contributed by atoms with E-state index in [2.05, 4.69) is 9.97 Å². The van der Waals surface area contributed by atoms with E-state index in [-0.39, 0.29) is 12.0 Å². The Bertz CT molecular complexity index is 351. The maximum Gasteiger partial charge on any atom is 0.221 e. The quantitative estimate of drug-likeness (QED) is 0.745. The molecule has 0 atom stereocenters. The van der Waals surface area contributed by atoms with Crippen LogP contribution in [0.25, 0.3) is 0 Å². The van der Waals surface area contributed by atoms with Crippen LogP contribution in [0.15, 0.2) is 0 Å². The van der Waals surface area contributed by atoms with E-state index in [0.29, 0.717) is 11.0 Å². The molecule has 0 spiro atoms. The van der Waals surface area contributed by atoms with Crippen LogP contribution in [0, 0.1) is 6.92 Å². The molecule has 0 saturated carbocycles. The minimum atomic E-state index is 0.0923. The van der Waals surface area contributed by atoms with Gasteiger partial charge in [0.1, 0.15) is 11.0 Å². The molecular weight excluding hydrogens is 212 g/mol. The van der Waals surface area contributed by atoms with Crippen molar-refractivity contribution in [3.05, 3.63) is 16.5 Å². The Morgan fingerprint density at radius 2 is 1.73 bits per heavy atom. The SMILES string of the molecule is Cc1c(Cl)nc(C(C)C)nc1OC(C)C. The number of ether oxygens (including phenoxy) is 1. The second kappa shape index (κ2) is 4.79. The number of hydrogen-bond acceptors (Lipinski definition) is 3. The van der Waals surface area contributed by atoms with Gasteiger partial charge in [0.2, 0.25) is 5.88 Å². The molecule has 84 valence electrons. The highest BCUT2D eigenvalue weighted by atomic mass is 35.5. The number of aromatic nitrogens is 2. The first-order chi connectivity index (χ1) is 6.91. The zero-order valence-corrected chi connectivity index (χ0v) is 10.6. The van der Waals surface area contributed by atoms with Gasteiger partial charge in [0, 0.05) is 11.5 Å². The summed E-state index contributed by atoms with van der Waals surface area (Å²) in [6.07, 6.45) is 0.0923. The normalized spacial score (nSPS) is 11.2. The maximum absolute atomic E-state index is 6.02. The van der Waals surface area contributed by atoms with Crippen LogP contribution in [0.1, 0.15) is 45.0 Å². The summed E-state index contributed by atoms with van der Waals surface area (Å²) >= 11 is 6.02. The molecule has 0 saturated heterocycles. The van der Waals surface area contributed by atoms with E-state index in [1.165, 1.54) is 0 Å². The topological polar surface area (TPSA) is 35.0 Å². The lowest BCUT2D eigenvalue weighted by Crippen LogP contribution is -2.11. The standard InChI is InChI=1S/C11H17ClN2O/c1-6(2)10-13-9(12)8(5)11(14-10)15-7(3)4/h6-7H,1-5H3. The minimum absolute atomic E-state index is 0.0923. The van der Waals surface area contributed by atoms with Gasteiger partial charge < -0.3 is 4.74 Å². The number of halogens is 1. The van der Waals surface area contributed by atoms with E-state index in [0.717, 1.165) is 11.4 Å². The molecule has 1 aromatic rings. The summed E-state index contributed by atoms with van der Waals surface area (Å²) in [6.45, 7) is 9.85. The smallest absolute Gasteiger partial charge is 0.221 e. The van der Waals surface area contributed by atoms with Crippen LogP contribution in [0.4, 0.5) is 0 Å². The van der Waals surface area contributed by atoms with Crippen LogP contribution < -0.4 is 4.74 Å². The van der Waals surface area contributed by atoms with Gasteiger partial charge in [-0.05, 0) is 20.8 Å². The third kappa shape index (κ3) is 3.06. The van der Waals surface area contributed by atoms with E-state index in [1.807, 2.05) is 34.6 Å². The first kappa shape index (κ1) is 12.2. The maximum atomic E-state index is 6.02. The van der Waals surface area contributed by atoms with Crippen molar-refractivity contribution in [2.24, 2.45) is 0 Å². The summed E-state index contributed by atoms with van der Waals surface area (Å²) in [7, 11) is 0. The molecule has 0 radical (unpaired) electrons. The molecule has 0 aromatic carbocycles. The zero-order chi connectivity index (χ0) is 11.6. The van der Waals surface area contributed by atoms with Crippen molar-refractivity contribution < 1.29 is 4.74 Å². The summed E-state index contributed by atoms with van der Waals surface area (Å²) in [6, 6.07) is 0. The van der Waals surface area contributed by atoms with Gasteiger partial charge in [0.15, 0.2) is 0 Å². The van der Waals surface area contributed by atoms with Crippen LogP contribution >= 0.6 is 11.6 Å². The Morgan fingerprint density at radius 1 is 1.13 bits per heavy atom. The molecule has 0 fully saturated rings. The second-order valence-electron chi connectivity index (χ2n) is 4.12. The summed E-state index contributed by atoms with van der Waals surface area (Å²) in [5.74, 6) is 1.56. The Kier molecular flexibility index (Phi) is 3.91. The fourth-order valence-corrected chi connectivity index (χ4v) is 1.25. The average Bonchev–Trinajstić information content (AvgIpc) is 2.11. The monoisotopic (exact) mass is 228 g/mol. The lowest BCUT2D eigenvalue weighted by molar-refractivity contribution is 0.229. The Balaban J connectivity index is 3.13. The fourth-order valence-electron chi connectivity index (χ4n) is 1.08. The van der Waals surface area contributed by atoms with Crippen LogP contribution in [0.2, 0.25) is 5.15 Å². The fraction of sp³-hybridized carbons (Fsp3) is 0.636. The molecular formula is C11H17ClN2O. The van der Waals surface area contributed by atoms with Crippen molar-refractivity contribution >= 4 is 11.6 Å². The van der Waals surface area contributed by atoms with Gasteiger partial charge in [-0.2, -0.15) is 4.98 Å². The van der Waals surface area contributed by atoms with Crippen LogP contribution in [-0.2, 0) is 0 Å². The van der Waals surface area contributed by atoms with E-state index in [9.17, 15) is 0 Å². The van der Waals surface area contributed by atoms with Crippen molar-refractivity contribution in [1.29, 1.82) is 0 Å². The van der Waals surface area contributed by atoms with Gasteiger partial charge in [-0.3, -0.25) is 0 Å². The molecule has 15 heavy (non-hydrogen) atoms. The molecule has 0 amide bonds. The highest BCUT2D eigenvalue weighted by Crippen LogP contribution is 2.25. The van der Waals surface area contributed by atoms with E-state index in [4.69, 9.17) is 16.3 Å². The highest BCUT2D eigenvalue weighted by Gasteiger charge is 2.13. The van der Waals surface area contributed by atoms with E-state index < -0.39 is 0 Å². The molecule has 0 N–H and O–H groups in total. The predicted molar refractivity (Wildman–Crippen MR) is 61.6 cm³/mol. The Morgan fingerprint density at radius 3 is 2.20 bits per heavy atom. The number of nitrogens with zero attached hydrogens (tertiary/aromatic N) is 2. The Hall–Kier alpha value is -0.830. The lowest BCUT2D eigenvalue weighted by Gasteiger charge is -2.14. The lowest BCUT2D eigenvalue weighted by atomic mass is 10.2. The molecule has 1 rings (SSSR count). The molecule has 3 nitrogen and oxygen atoms in total. The molecule has 0 aliphatic rings. The number of hydrogen-bond donors (Lipinski definition) is 0. The average molecular weight is 229 g/mol. The van der Waals surface area contributed by atoms with Gasteiger partial charge in [0.25, 0.3) is 0 Å².